The number of amides is 4. The number of rotatable bonds is 14. The molecule has 0 heterocycles. The molecule has 0 aromatic heterocycles. The van der Waals surface area contributed by atoms with E-state index in [1.807, 2.05) is 41.5 Å². The molecule has 10 heteroatoms. The van der Waals surface area contributed by atoms with Crippen LogP contribution in [0.3, 0.4) is 0 Å². The molecule has 0 spiro atoms. The van der Waals surface area contributed by atoms with Gasteiger partial charge in [-0.2, -0.15) is 0 Å². The molecule has 0 aliphatic carbocycles. The smallest absolute Gasteiger partial charge is 0.256 e. The molecule has 1 rings (SSSR count). The van der Waals surface area contributed by atoms with E-state index in [-0.39, 0.29) is 36.2 Å². The summed E-state index contributed by atoms with van der Waals surface area (Å²) >= 11 is 0. The zero-order valence-corrected chi connectivity index (χ0v) is 20.9. The fourth-order valence-corrected chi connectivity index (χ4v) is 2.88. The van der Waals surface area contributed by atoms with Crippen LogP contribution in [0.15, 0.2) is 24.3 Å². The monoisotopic (exact) mass is 478 g/mol. The SMILES string of the molecule is CC(C)CC(=O)NOCC(=O)Nc1cccc(NC(=O)[C@@H](CC(C)C)ONC(=O)CC(C)C)c1. The van der Waals surface area contributed by atoms with E-state index in [1.54, 1.807) is 24.3 Å². The Labute approximate surface area is 201 Å². The summed E-state index contributed by atoms with van der Waals surface area (Å²) in [5.74, 6) is -0.974. The second-order valence-electron chi connectivity index (χ2n) is 9.39. The third kappa shape index (κ3) is 12.9. The molecule has 4 N–H and O–H groups in total. The Balaban J connectivity index is 2.63. The number of nitrogens with one attached hydrogen (secondary N) is 4. The van der Waals surface area contributed by atoms with E-state index >= 15 is 0 Å². The van der Waals surface area contributed by atoms with Gasteiger partial charge in [-0.25, -0.2) is 11.0 Å². The van der Waals surface area contributed by atoms with Crippen LogP contribution < -0.4 is 21.6 Å². The fraction of sp³-hybridized carbons (Fsp3) is 0.583. The van der Waals surface area contributed by atoms with Gasteiger partial charge in [0.2, 0.25) is 11.8 Å². The van der Waals surface area contributed by atoms with Gasteiger partial charge in [-0.15, -0.1) is 0 Å². The van der Waals surface area contributed by atoms with Gasteiger partial charge in [0.25, 0.3) is 11.8 Å². The third-order valence-corrected chi connectivity index (χ3v) is 4.28. The predicted octanol–water partition coefficient (Wildman–Crippen LogP) is 3.17. The number of hydroxylamine groups is 2. The third-order valence-electron chi connectivity index (χ3n) is 4.28. The Morgan fingerprint density at radius 2 is 1.32 bits per heavy atom. The summed E-state index contributed by atoms with van der Waals surface area (Å²) < 4.78 is 0. The van der Waals surface area contributed by atoms with Gasteiger partial charge in [0.15, 0.2) is 12.7 Å². The van der Waals surface area contributed by atoms with Crippen molar-refractivity contribution < 1.29 is 28.9 Å². The molecule has 0 unspecified atom stereocenters. The number of carbonyl (C=O) groups excluding carboxylic acids is 4. The summed E-state index contributed by atoms with van der Waals surface area (Å²) in [5.41, 5.74) is 5.47. The summed E-state index contributed by atoms with van der Waals surface area (Å²) in [5, 5.41) is 5.38. The average molecular weight is 479 g/mol. The molecule has 0 aliphatic heterocycles. The first-order valence-corrected chi connectivity index (χ1v) is 11.5. The van der Waals surface area contributed by atoms with Gasteiger partial charge < -0.3 is 10.6 Å². The van der Waals surface area contributed by atoms with Crippen LogP contribution in [-0.4, -0.2) is 36.3 Å². The largest absolute Gasteiger partial charge is 0.324 e. The van der Waals surface area contributed by atoms with Crippen LogP contribution in [-0.2, 0) is 28.9 Å². The first-order chi connectivity index (χ1) is 16.0. The number of hydrogen-bond acceptors (Lipinski definition) is 6. The van der Waals surface area contributed by atoms with Crippen LogP contribution in [0.2, 0.25) is 0 Å². The molecule has 0 saturated heterocycles. The number of anilines is 2. The molecule has 34 heavy (non-hydrogen) atoms. The Hall–Kier alpha value is -2.98. The van der Waals surface area contributed by atoms with Gasteiger partial charge in [-0.3, -0.25) is 28.9 Å². The standard InChI is InChI=1S/C24H38N4O6/c1-15(2)10-20(34-28-22(30)12-17(5)6)24(32)26-19-9-7-8-18(13-19)25-23(31)14-33-27-21(29)11-16(3)4/h7-9,13,15-17,20H,10-12,14H2,1-6H3,(H,25,31)(H,26,32)(H,27,29)(H,28,30)/t20-/m1/s1. The topological polar surface area (TPSA) is 135 Å². The van der Waals surface area contributed by atoms with Crippen LogP contribution in [0.1, 0.15) is 60.8 Å². The highest BCUT2D eigenvalue weighted by Gasteiger charge is 2.23. The summed E-state index contributed by atoms with van der Waals surface area (Å²) in [6.07, 6.45) is 0.122. The molecule has 1 aromatic carbocycles. The molecule has 10 nitrogen and oxygen atoms in total. The van der Waals surface area contributed by atoms with Crippen LogP contribution in [0.25, 0.3) is 0 Å². The Kier molecular flexibility index (Phi) is 12.8. The lowest BCUT2D eigenvalue weighted by molar-refractivity contribution is -0.147. The van der Waals surface area contributed by atoms with Crippen molar-refractivity contribution in [2.24, 2.45) is 17.8 Å². The first-order valence-electron chi connectivity index (χ1n) is 11.5. The minimum atomic E-state index is -0.878. The highest BCUT2D eigenvalue weighted by atomic mass is 16.7. The van der Waals surface area contributed by atoms with E-state index in [0.717, 1.165) is 0 Å². The molecule has 0 bridgehead atoms. The van der Waals surface area contributed by atoms with Crippen LogP contribution >= 0.6 is 0 Å². The quantitative estimate of drug-likeness (QED) is 0.303. The highest BCUT2D eigenvalue weighted by molar-refractivity contribution is 5.96. The second-order valence-corrected chi connectivity index (χ2v) is 9.39. The minimum absolute atomic E-state index is 0.157. The molecule has 4 amide bonds. The average Bonchev–Trinajstić information content (AvgIpc) is 2.69. The van der Waals surface area contributed by atoms with Crippen LogP contribution in [0, 0.1) is 17.8 Å². The fourth-order valence-electron chi connectivity index (χ4n) is 2.88. The van der Waals surface area contributed by atoms with E-state index in [1.165, 1.54) is 0 Å². The van der Waals surface area contributed by atoms with Crippen molar-refractivity contribution in [3.63, 3.8) is 0 Å². The van der Waals surface area contributed by atoms with Crippen molar-refractivity contribution in [2.75, 3.05) is 17.2 Å². The maximum absolute atomic E-state index is 12.8. The zero-order chi connectivity index (χ0) is 25.7. The molecule has 0 aliphatic rings. The van der Waals surface area contributed by atoms with E-state index < -0.39 is 17.9 Å². The maximum Gasteiger partial charge on any atom is 0.256 e. The van der Waals surface area contributed by atoms with Gasteiger partial charge >= 0.3 is 0 Å². The van der Waals surface area contributed by atoms with Crippen molar-refractivity contribution in [3.05, 3.63) is 24.3 Å². The lowest BCUT2D eigenvalue weighted by Crippen LogP contribution is -2.38. The zero-order valence-electron chi connectivity index (χ0n) is 20.9. The summed E-state index contributed by atoms with van der Waals surface area (Å²) in [6.45, 7) is 11.2. The molecule has 0 saturated carbocycles. The Morgan fingerprint density at radius 1 is 0.765 bits per heavy atom. The summed E-state index contributed by atoms with van der Waals surface area (Å²) in [6, 6.07) is 6.56. The Morgan fingerprint density at radius 3 is 1.88 bits per heavy atom. The normalized spacial score (nSPS) is 11.9. The van der Waals surface area contributed by atoms with E-state index in [9.17, 15) is 19.2 Å². The van der Waals surface area contributed by atoms with Crippen LogP contribution in [0.4, 0.5) is 11.4 Å². The van der Waals surface area contributed by atoms with Gasteiger partial charge in [0, 0.05) is 24.2 Å². The van der Waals surface area contributed by atoms with Gasteiger partial charge in [0.05, 0.1) is 0 Å². The number of benzene rings is 1. The molecule has 0 radical (unpaired) electrons. The molecule has 1 aromatic rings. The van der Waals surface area contributed by atoms with Crippen molar-refractivity contribution in [1.82, 2.24) is 11.0 Å². The van der Waals surface area contributed by atoms with E-state index in [0.29, 0.717) is 30.6 Å². The first kappa shape index (κ1) is 29.1. The molecular weight excluding hydrogens is 440 g/mol. The molecule has 0 fully saturated rings. The van der Waals surface area contributed by atoms with Crippen molar-refractivity contribution in [2.45, 2.75) is 66.9 Å². The predicted molar refractivity (Wildman–Crippen MR) is 129 cm³/mol. The lowest BCUT2D eigenvalue weighted by atomic mass is 10.1. The van der Waals surface area contributed by atoms with Crippen molar-refractivity contribution >= 4 is 35.0 Å². The second kappa shape index (κ2) is 15.0. The Bertz CT molecular complexity index is 825. The summed E-state index contributed by atoms with van der Waals surface area (Å²) in [7, 11) is 0. The van der Waals surface area contributed by atoms with Crippen molar-refractivity contribution in [3.8, 4) is 0 Å². The van der Waals surface area contributed by atoms with Crippen molar-refractivity contribution in [1.29, 1.82) is 0 Å². The van der Waals surface area contributed by atoms with Gasteiger partial charge in [-0.1, -0.05) is 47.6 Å². The van der Waals surface area contributed by atoms with Gasteiger partial charge in [-0.05, 0) is 42.4 Å². The lowest BCUT2D eigenvalue weighted by Gasteiger charge is -2.19. The van der Waals surface area contributed by atoms with Gasteiger partial charge in [0.1, 0.15) is 0 Å². The number of carbonyl (C=O) groups is 4. The van der Waals surface area contributed by atoms with Crippen LogP contribution in [0.5, 0.6) is 0 Å². The number of hydrogen-bond donors (Lipinski definition) is 4. The molecule has 190 valence electrons. The summed E-state index contributed by atoms with van der Waals surface area (Å²) in [4.78, 5) is 58.6. The molecular formula is C24H38N4O6. The maximum atomic E-state index is 12.8. The highest BCUT2D eigenvalue weighted by Crippen LogP contribution is 2.17. The van der Waals surface area contributed by atoms with E-state index in [2.05, 4.69) is 21.6 Å². The van der Waals surface area contributed by atoms with E-state index in [4.69, 9.17) is 9.68 Å². The molecule has 1 atom stereocenters. The minimum Gasteiger partial charge on any atom is -0.324 e.